The van der Waals surface area contributed by atoms with Crippen molar-refractivity contribution < 1.29 is 0 Å². The van der Waals surface area contributed by atoms with Gasteiger partial charge in [0.1, 0.15) is 0 Å². The van der Waals surface area contributed by atoms with Gasteiger partial charge in [0.15, 0.2) is 0 Å². The second kappa shape index (κ2) is 3.28. The summed E-state index contributed by atoms with van der Waals surface area (Å²) in [5.74, 6) is 0.638. The number of hydrogen-bond acceptors (Lipinski definition) is 4. The number of aromatic nitrogens is 1. The summed E-state index contributed by atoms with van der Waals surface area (Å²) in [6, 6.07) is 4.60. The van der Waals surface area contributed by atoms with Crippen molar-refractivity contribution >= 4 is 0 Å². The fraction of sp³-hybridized carbons (Fsp3) is 0.615. The largest absolute Gasteiger partial charge is 0.326 e. The minimum absolute atomic E-state index is 0.141. The molecule has 0 aromatic carbocycles. The van der Waals surface area contributed by atoms with E-state index in [1.165, 1.54) is 18.7 Å². The number of hydrogen-bond donors (Lipinski definition) is 1. The minimum atomic E-state index is 0.141. The molecule has 4 bridgehead atoms. The van der Waals surface area contributed by atoms with Crippen LogP contribution in [0.15, 0.2) is 24.5 Å². The van der Waals surface area contributed by atoms with Gasteiger partial charge in [-0.3, -0.25) is 14.8 Å². The Morgan fingerprint density at radius 3 is 2.47 bits per heavy atom. The smallest absolute Gasteiger partial charge is 0.0507 e. The van der Waals surface area contributed by atoms with Crippen LogP contribution in [0.3, 0.4) is 0 Å². The third-order valence-electron chi connectivity index (χ3n) is 4.80. The van der Waals surface area contributed by atoms with Gasteiger partial charge in [-0.05, 0) is 17.7 Å². The predicted molar refractivity (Wildman–Crippen MR) is 65.4 cm³/mol. The van der Waals surface area contributed by atoms with Crippen molar-refractivity contribution in [3.8, 4) is 0 Å². The summed E-state index contributed by atoms with van der Waals surface area (Å²) >= 11 is 0. The highest BCUT2D eigenvalue weighted by atomic mass is 15.4. The zero-order valence-electron chi connectivity index (χ0n) is 9.92. The lowest BCUT2D eigenvalue weighted by Crippen LogP contribution is -2.77. The molecule has 4 aliphatic heterocycles. The first-order valence-electron chi connectivity index (χ1n) is 6.39. The molecule has 17 heavy (non-hydrogen) atoms. The van der Waals surface area contributed by atoms with Crippen molar-refractivity contribution in [1.29, 1.82) is 0 Å². The highest BCUT2D eigenvalue weighted by molar-refractivity contribution is 5.31. The Morgan fingerprint density at radius 2 is 1.82 bits per heavy atom. The third-order valence-corrected chi connectivity index (χ3v) is 4.80. The number of rotatable bonds is 1. The van der Waals surface area contributed by atoms with Gasteiger partial charge >= 0.3 is 0 Å². The molecule has 3 atom stereocenters. The van der Waals surface area contributed by atoms with Gasteiger partial charge in [-0.2, -0.15) is 0 Å². The first kappa shape index (κ1) is 10.00. The highest BCUT2D eigenvalue weighted by Crippen LogP contribution is 2.43. The molecule has 0 radical (unpaired) electrons. The number of nitrogens with two attached hydrogens (primary N) is 1. The van der Waals surface area contributed by atoms with Crippen LogP contribution in [0.1, 0.15) is 5.56 Å². The van der Waals surface area contributed by atoms with Gasteiger partial charge in [-0.15, -0.1) is 0 Å². The molecule has 4 nitrogen and oxygen atoms in total. The topological polar surface area (TPSA) is 45.4 Å². The maximum Gasteiger partial charge on any atom is 0.0507 e. The van der Waals surface area contributed by atoms with E-state index in [9.17, 15) is 0 Å². The molecule has 2 N–H and O–H groups in total. The summed E-state index contributed by atoms with van der Waals surface area (Å²) in [5, 5.41) is 0. The van der Waals surface area contributed by atoms with E-state index in [1.54, 1.807) is 0 Å². The fourth-order valence-electron chi connectivity index (χ4n) is 4.14. The van der Waals surface area contributed by atoms with E-state index in [0.717, 1.165) is 19.8 Å². The Balaban J connectivity index is 1.81. The van der Waals surface area contributed by atoms with Crippen LogP contribution in [0, 0.1) is 5.92 Å². The highest BCUT2D eigenvalue weighted by Gasteiger charge is 2.55. The standard InChI is InChI=1S/C13H18N4/c14-12-10-5-16-7-13(12,8-17(6-10)9-16)11-1-3-15-4-2-11/h1-4,10,12H,5-9,14H2. The summed E-state index contributed by atoms with van der Waals surface area (Å²) in [6.07, 6.45) is 3.79. The fourth-order valence-corrected chi connectivity index (χ4v) is 4.14. The molecule has 0 spiro atoms. The molecule has 4 heteroatoms. The molecule has 5 rings (SSSR count). The van der Waals surface area contributed by atoms with Crippen LogP contribution in [-0.2, 0) is 5.41 Å². The van der Waals surface area contributed by atoms with Crippen LogP contribution in [0.4, 0.5) is 0 Å². The molecule has 3 unspecified atom stereocenters. The van der Waals surface area contributed by atoms with Crippen LogP contribution in [0.25, 0.3) is 0 Å². The first-order chi connectivity index (χ1) is 8.28. The quantitative estimate of drug-likeness (QED) is 0.730. The predicted octanol–water partition coefficient (Wildman–Crippen LogP) is -0.135. The van der Waals surface area contributed by atoms with Crippen LogP contribution in [-0.4, -0.2) is 53.7 Å². The second-order valence-electron chi connectivity index (χ2n) is 5.84. The van der Waals surface area contributed by atoms with Gasteiger partial charge in [0.25, 0.3) is 0 Å². The molecule has 4 saturated heterocycles. The average Bonchev–Trinajstić information content (AvgIpc) is 2.36. The molecular formula is C13H18N4. The van der Waals surface area contributed by atoms with E-state index in [1.807, 2.05) is 12.4 Å². The van der Waals surface area contributed by atoms with E-state index in [0.29, 0.717) is 12.0 Å². The first-order valence-corrected chi connectivity index (χ1v) is 6.39. The molecule has 4 aliphatic rings. The van der Waals surface area contributed by atoms with Crippen LogP contribution in [0.2, 0.25) is 0 Å². The van der Waals surface area contributed by atoms with E-state index in [-0.39, 0.29) is 5.41 Å². The molecule has 4 fully saturated rings. The molecule has 1 aromatic rings. The number of nitrogens with zero attached hydrogens (tertiary/aromatic N) is 3. The Labute approximate surface area is 101 Å². The summed E-state index contributed by atoms with van der Waals surface area (Å²) < 4.78 is 0. The number of pyridine rings is 1. The van der Waals surface area contributed by atoms with E-state index >= 15 is 0 Å². The zero-order valence-corrected chi connectivity index (χ0v) is 9.92. The third kappa shape index (κ3) is 1.26. The lowest BCUT2D eigenvalue weighted by atomic mass is 9.63. The van der Waals surface area contributed by atoms with Gasteiger partial charge in [0, 0.05) is 55.9 Å². The Bertz CT molecular complexity index is 418. The lowest BCUT2D eigenvalue weighted by molar-refractivity contribution is -0.0991. The molecular weight excluding hydrogens is 212 g/mol. The number of piperidine rings is 2. The van der Waals surface area contributed by atoms with Crippen LogP contribution >= 0.6 is 0 Å². The SMILES string of the molecule is NC1C2CN3CN(C2)CC1(c1ccncc1)C3. The summed E-state index contributed by atoms with van der Waals surface area (Å²) in [5.41, 5.74) is 8.08. The van der Waals surface area contributed by atoms with Gasteiger partial charge in [-0.25, -0.2) is 0 Å². The summed E-state index contributed by atoms with van der Waals surface area (Å²) in [6.45, 7) is 5.74. The van der Waals surface area contributed by atoms with Crippen molar-refractivity contribution in [3.63, 3.8) is 0 Å². The zero-order chi connectivity index (χ0) is 11.5. The Hall–Kier alpha value is -0.970. The van der Waals surface area contributed by atoms with Crippen molar-refractivity contribution in [1.82, 2.24) is 14.8 Å². The monoisotopic (exact) mass is 230 g/mol. The maximum atomic E-state index is 6.56. The van der Waals surface area contributed by atoms with E-state index in [4.69, 9.17) is 5.73 Å². The Kier molecular flexibility index (Phi) is 1.93. The minimum Gasteiger partial charge on any atom is -0.326 e. The molecule has 0 aliphatic carbocycles. The normalized spacial score (nSPS) is 47.4. The van der Waals surface area contributed by atoms with Gasteiger partial charge in [0.05, 0.1) is 6.67 Å². The van der Waals surface area contributed by atoms with Crippen molar-refractivity contribution in [2.24, 2.45) is 11.7 Å². The van der Waals surface area contributed by atoms with Crippen molar-refractivity contribution in [2.75, 3.05) is 32.8 Å². The Morgan fingerprint density at radius 1 is 1.18 bits per heavy atom. The summed E-state index contributed by atoms with van der Waals surface area (Å²) in [4.78, 5) is 9.24. The van der Waals surface area contributed by atoms with Crippen molar-refractivity contribution in [2.45, 2.75) is 11.5 Å². The van der Waals surface area contributed by atoms with Gasteiger partial charge in [0.2, 0.25) is 0 Å². The van der Waals surface area contributed by atoms with Gasteiger partial charge in [-0.1, -0.05) is 0 Å². The molecule has 5 heterocycles. The summed E-state index contributed by atoms with van der Waals surface area (Å²) in [7, 11) is 0. The van der Waals surface area contributed by atoms with Gasteiger partial charge < -0.3 is 5.73 Å². The maximum absolute atomic E-state index is 6.56. The van der Waals surface area contributed by atoms with E-state index < -0.39 is 0 Å². The molecule has 1 aromatic heterocycles. The van der Waals surface area contributed by atoms with Crippen molar-refractivity contribution in [3.05, 3.63) is 30.1 Å². The lowest BCUT2D eigenvalue weighted by Gasteiger charge is -2.62. The molecule has 90 valence electrons. The van der Waals surface area contributed by atoms with Crippen LogP contribution in [0.5, 0.6) is 0 Å². The average molecular weight is 230 g/mol. The molecule has 0 saturated carbocycles. The molecule has 0 amide bonds. The van der Waals surface area contributed by atoms with Crippen LogP contribution < -0.4 is 5.73 Å². The second-order valence-corrected chi connectivity index (χ2v) is 5.84. The van der Waals surface area contributed by atoms with E-state index in [2.05, 4.69) is 26.9 Å².